The van der Waals surface area contributed by atoms with Gasteiger partial charge in [0, 0.05) is 6.07 Å². The van der Waals surface area contributed by atoms with E-state index in [1.54, 1.807) is 13.2 Å². The lowest BCUT2D eigenvalue weighted by Gasteiger charge is -2.12. The Morgan fingerprint density at radius 3 is 2.80 bits per heavy atom. The molecule has 0 bridgehead atoms. The summed E-state index contributed by atoms with van der Waals surface area (Å²) in [5, 5.41) is 11.3. The van der Waals surface area contributed by atoms with Crippen molar-refractivity contribution in [1.29, 1.82) is 0 Å². The lowest BCUT2D eigenvalue weighted by molar-refractivity contribution is 0.390. The number of hydrogen-bond donors (Lipinski definition) is 1. The second-order valence-electron chi connectivity index (χ2n) is 3.17. The third-order valence-electron chi connectivity index (χ3n) is 2.04. The second kappa shape index (κ2) is 6.14. The van der Waals surface area contributed by atoms with Gasteiger partial charge in [-0.25, -0.2) is 0 Å². The van der Waals surface area contributed by atoms with E-state index in [2.05, 4.69) is 29.0 Å². The average molecular weight is 207 g/mol. The summed E-state index contributed by atoms with van der Waals surface area (Å²) < 4.78 is 4.94. The van der Waals surface area contributed by atoms with E-state index >= 15 is 0 Å². The number of aromatic nitrogens is 2. The number of nitrogens with zero attached hydrogens (tertiary/aromatic N) is 2. The fourth-order valence-electron chi connectivity index (χ4n) is 1.21. The topological polar surface area (TPSA) is 47.0 Å². The number of nitrogens with one attached hydrogen (secondary N) is 1. The van der Waals surface area contributed by atoms with Crippen molar-refractivity contribution in [3.63, 3.8) is 0 Å². The molecule has 1 aromatic rings. The molecule has 1 aromatic heterocycles. The molecule has 0 aliphatic rings. The Hall–Kier alpha value is -1.42. The summed E-state index contributed by atoms with van der Waals surface area (Å²) >= 11 is 0. The number of hydrogen-bond acceptors (Lipinski definition) is 4. The van der Waals surface area contributed by atoms with E-state index in [4.69, 9.17) is 4.74 Å². The van der Waals surface area contributed by atoms with Crippen LogP contribution in [-0.4, -0.2) is 23.9 Å². The summed E-state index contributed by atoms with van der Waals surface area (Å²) in [5.41, 5.74) is 0.860. The molecule has 4 heteroatoms. The van der Waals surface area contributed by atoms with Crippen molar-refractivity contribution < 1.29 is 4.74 Å². The normalized spacial score (nSPS) is 12.1. The van der Waals surface area contributed by atoms with Crippen molar-refractivity contribution in [2.75, 3.05) is 13.7 Å². The quantitative estimate of drug-likeness (QED) is 0.721. The van der Waals surface area contributed by atoms with Gasteiger partial charge in [-0.2, -0.15) is 0 Å². The zero-order valence-electron chi connectivity index (χ0n) is 9.23. The van der Waals surface area contributed by atoms with Gasteiger partial charge < -0.3 is 10.1 Å². The zero-order valence-corrected chi connectivity index (χ0v) is 9.23. The molecule has 0 aliphatic heterocycles. The van der Waals surface area contributed by atoms with Gasteiger partial charge >= 0.3 is 0 Å². The Balaban J connectivity index is 2.69. The Bertz CT molecular complexity index is 297. The van der Waals surface area contributed by atoms with E-state index in [9.17, 15) is 0 Å². The zero-order chi connectivity index (χ0) is 11.1. The predicted molar refractivity (Wildman–Crippen MR) is 59.8 cm³/mol. The first-order valence-corrected chi connectivity index (χ1v) is 5.05. The SMILES string of the molecule is C=CC(NCCC)c1ccc(OC)nn1. The van der Waals surface area contributed by atoms with E-state index in [1.165, 1.54) is 0 Å². The Morgan fingerprint density at radius 2 is 2.33 bits per heavy atom. The molecule has 15 heavy (non-hydrogen) atoms. The van der Waals surface area contributed by atoms with Crippen LogP contribution in [0.25, 0.3) is 0 Å². The Kier molecular flexibility index (Phi) is 4.77. The molecule has 0 radical (unpaired) electrons. The minimum atomic E-state index is 0.0587. The van der Waals surface area contributed by atoms with Crippen LogP contribution in [0, 0.1) is 0 Å². The number of ether oxygens (including phenoxy) is 1. The first-order chi connectivity index (χ1) is 7.31. The van der Waals surface area contributed by atoms with E-state index in [0.29, 0.717) is 5.88 Å². The molecule has 0 fully saturated rings. The minimum Gasteiger partial charge on any atom is -0.480 e. The molecule has 1 heterocycles. The largest absolute Gasteiger partial charge is 0.480 e. The van der Waals surface area contributed by atoms with Crippen LogP contribution >= 0.6 is 0 Å². The highest BCUT2D eigenvalue weighted by atomic mass is 16.5. The fraction of sp³-hybridized carbons (Fsp3) is 0.455. The van der Waals surface area contributed by atoms with Crippen LogP contribution in [0.2, 0.25) is 0 Å². The molecule has 4 nitrogen and oxygen atoms in total. The molecular weight excluding hydrogens is 190 g/mol. The maximum Gasteiger partial charge on any atom is 0.233 e. The van der Waals surface area contributed by atoms with Crippen molar-refractivity contribution in [2.24, 2.45) is 0 Å². The highest BCUT2D eigenvalue weighted by Gasteiger charge is 2.08. The van der Waals surface area contributed by atoms with Gasteiger partial charge in [-0.3, -0.25) is 0 Å². The summed E-state index contributed by atoms with van der Waals surface area (Å²) in [7, 11) is 1.57. The van der Waals surface area contributed by atoms with Crippen LogP contribution in [0.4, 0.5) is 0 Å². The van der Waals surface area contributed by atoms with Crippen LogP contribution < -0.4 is 10.1 Å². The van der Waals surface area contributed by atoms with Gasteiger partial charge in [0.25, 0.3) is 0 Å². The molecule has 1 rings (SSSR count). The number of rotatable bonds is 6. The smallest absolute Gasteiger partial charge is 0.233 e. The third kappa shape index (κ3) is 3.32. The van der Waals surface area contributed by atoms with Gasteiger partial charge in [0.2, 0.25) is 5.88 Å². The number of methoxy groups -OCH3 is 1. The molecule has 0 aromatic carbocycles. The van der Waals surface area contributed by atoms with Gasteiger partial charge in [0.05, 0.1) is 18.8 Å². The van der Waals surface area contributed by atoms with E-state index in [1.807, 2.05) is 12.1 Å². The highest BCUT2D eigenvalue weighted by molar-refractivity contribution is 5.16. The summed E-state index contributed by atoms with van der Waals surface area (Å²) in [4.78, 5) is 0. The van der Waals surface area contributed by atoms with Crippen LogP contribution in [0.3, 0.4) is 0 Å². The second-order valence-corrected chi connectivity index (χ2v) is 3.17. The lowest BCUT2D eigenvalue weighted by Crippen LogP contribution is -2.21. The average Bonchev–Trinajstić information content (AvgIpc) is 2.31. The van der Waals surface area contributed by atoms with Crippen molar-refractivity contribution in [3.8, 4) is 5.88 Å². The first kappa shape index (κ1) is 11.7. The summed E-state index contributed by atoms with van der Waals surface area (Å²) in [6, 6.07) is 3.75. The van der Waals surface area contributed by atoms with Crippen LogP contribution in [-0.2, 0) is 0 Å². The first-order valence-electron chi connectivity index (χ1n) is 5.05. The lowest BCUT2D eigenvalue weighted by atomic mass is 10.2. The van der Waals surface area contributed by atoms with Gasteiger partial charge in [0.15, 0.2) is 0 Å². The van der Waals surface area contributed by atoms with Gasteiger partial charge in [0.1, 0.15) is 0 Å². The Morgan fingerprint density at radius 1 is 1.53 bits per heavy atom. The van der Waals surface area contributed by atoms with E-state index in [0.717, 1.165) is 18.7 Å². The molecule has 82 valence electrons. The molecule has 0 saturated carbocycles. The molecule has 1 atom stereocenters. The predicted octanol–water partition coefficient (Wildman–Crippen LogP) is 1.71. The standard InChI is InChI=1S/C11H17N3O/c1-4-8-12-9(5-2)10-6-7-11(15-3)14-13-10/h5-7,9,12H,2,4,8H2,1,3H3. The van der Waals surface area contributed by atoms with Crippen molar-refractivity contribution >= 4 is 0 Å². The summed E-state index contributed by atoms with van der Waals surface area (Å²) in [6.07, 6.45) is 2.90. The van der Waals surface area contributed by atoms with Crippen LogP contribution in [0.15, 0.2) is 24.8 Å². The monoisotopic (exact) mass is 207 g/mol. The highest BCUT2D eigenvalue weighted by Crippen LogP contribution is 2.12. The van der Waals surface area contributed by atoms with Crippen molar-refractivity contribution in [3.05, 3.63) is 30.5 Å². The molecule has 1 unspecified atom stereocenters. The van der Waals surface area contributed by atoms with Gasteiger partial charge in [-0.1, -0.05) is 13.0 Å². The molecule has 0 aliphatic carbocycles. The minimum absolute atomic E-state index is 0.0587. The van der Waals surface area contributed by atoms with E-state index in [-0.39, 0.29) is 6.04 Å². The summed E-state index contributed by atoms with van der Waals surface area (Å²) in [6.45, 7) is 6.82. The third-order valence-corrected chi connectivity index (χ3v) is 2.04. The van der Waals surface area contributed by atoms with Crippen molar-refractivity contribution in [1.82, 2.24) is 15.5 Å². The van der Waals surface area contributed by atoms with Crippen molar-refractivity contribution in [2.45, 2.75) is 19.4 Å². The maximum atomic E-state index is 4.94. The van der Waals surface area contributed by atoms with Crippen LogP contribution in [0.1, 0.15) is 25.1 Å². The Labute approximate surface area is 90.4 Å². The van der Waals surface area contributed by atoms with Gasteiger partial charge in [-0.15, -0.1) is 16.8 Å². The fourth-order valence-corrected chi connectivity index (χ4v) is 1.21. The molecule has 0 saturated heterocycles. The molecule has 0 spiro atoms. The van der Waals surface area contributed by atoms with E-state index < -0.39 is 0 Å². The van der Waals surface area contributed by atoms with Crippen LogP contribution in [0.5, 0.6) is 5.88 Å². The summed E-state index contributed by atoms with van der Waals surface area (Å²) in [5.74, 6) is 0.525. The maximum absolute atomic E-state index is 4.94. The molecule has 1 N–H and O–H groups in total. The van der Waals surface area contributed by atoms with Gasteiger partial charge in [-0.05, 0) is 19.0 Å². The molecule has 0 amide bonds. The molecular formula is C11H17N3O.